The van der Waals surface area contributed by atoms with Gasteiger partial charge in [-0.3, -0.25) is 0 Å². The molecule has 12 rings (SSSR count). The normalized spacial score (nSPS) is 11.5. The van der Waals surface area contributed by atoms with Crippen LogP contribution in [0.5, 0.6) is 0 Å². The molecule has 0 atom stereocenters. The molecule has 6 nitrogen and oxygen atoms in total. The first-order chi connectivity index (χ1) is 31.2. The van der Waals surface area contributed by atoms with Crippen molar-refractivity contribution in [3.05, 3.63) is 224 Å². The van der Waals surface area contributed by atoms with Crippen LogP contribution in [-0.4, -0.2) is 19.5 Å². The van der Waals surface area contributed by atoms with Crippen LogP contribution < -0.4 is 4.90 Å². The number of anilines is 3. The van der Waals surface area contributed by atoms with Crippen LogP contribution in [0.25, 0.3) is 94.7 Å². The van der Waals surface area contributed by atoms with Crippen molar-refractivity contribution in [2.24, 2.45) is 0 Å². The fourth-order valence-corrected chi connectivity index (χ4v) is 8.84. The first-order valence-electron chi connectivity index (χ1n) is 21.1. The van der Waals surface area contributed by atoms with E-state index < -0.39 is 0 Å². The van der Waals surface area contributed by atoms with Crippen LogP contribution >= 0.6 is 0 Å². The average molecular weight is 808 g/mol. The van der Waals surface area contributed by atoms with Gasteiger partial charge in [0.25, 0.3) is 0 Å². The molecule has 0 radical (unpaired) electrons. The van der Waals surface area contributed by atoms with Gasteiger partial charge in [0.1, 0.15) is 5.58 Å². The summed E-state index contributed by atoms with van der Waals surface area (Å²) in [6.07, 6.45) is 0. The van der Waals surface area contributed by atoms with Gasteiger partial charge in [0.05, 0.1) is 16.7 Å². The number of aromatic nitrogens is 4. The number of nitrogens with zero attached hydrogens (tertiary/aromatic N) is 5. The molecular formula is C57H37N5O. The van der Waals surface area contributed by atoms with E-state index in [1.165, 1.54) is 5.56 Å². The summed E-state index contributed by atoms with van der Waals surface area (Å²) in [5.41, 5.74) is 13.1. The summed E-state index contributed by atoms with van der Waals surface area (Å²) in [6, 6.07) is 78.1. The van der Waals surface area contributed by atoms with Crippen LogP contribution in [-0.2, 0) is 0 Å². The van der Waals surface area contributed by atoms with Gasteiger partial charge in [0.15, 0.2) is 23.1 Å². The molecule has 63 heavy (non-hydrogen) atoms. The van der Waals surface area contributed by atoms with Crippen molar-refractivity contribution in [2.45, 2.75) is 0 Å². The summed E-state index contributed by atoms with van der Waals surface area (Å²) in [5, 5.41) is 4.49. The third-order valence-corrected chi connectivity index (χ3v) is 11.9. The highest BCUT2D eigenvalue weighted by Gasteiger charge is 2.22. The molecule has 296 valence electrons. The molecule has 6 heteroatoms. The molecule has 3 heterocycles. The molecule has 0 unspecified atom stereocenters. The number of benzene rings is 9. The van der Waals surface area contributed by atoms with E-state index in [0.29, 0.717) is 17.5 Å². The molecule has 0 amide bonds. The van der Waals surface area contributed by atoms with Crippen molar-refractivity contribution < 1.29 is 4.42 Å². The van der Waals surface area contributed by atoms with Crippen LogP contribution in [0.15, 0.2) is 229 Å². The predicted molar refractivity (Wildman–Crippen MR) is 258 cm³/mol. The van der Waals surface area contributed by atoms with Crippen LogP contribution in [0.2, 0.25) is 0 Å². The van der Waals surface area contributed by atoms with Crippen molar-refractivity contribution in [1.82, 2.24) is 19.5 Å². The third kappa shape index (κ3) is 6.40. The molecule has 3 aromatic heterocycles. The molecule has 0 spiro atoms. The molecule has 12 aromatic rings. The summed E-state index contributed by atoms with van der Waals surface area (Å²) >= 11 is 0. The van der Waals surface area contributed by atoms with Gasteiger partial charge in [-0.15, -0.1) is 0 Å². The summed E-state index contributed by atoms with van der Waals surface area (Å²) < 4.78 is 9.00. The molecule has 0 aliphatic carbocycles. The minimum absolute atomic E-state index is 0.623. The third-order valence-electron chi connectivity index (χ3n) is 11.9. The van der Waals surface area contributed by atoms with Crippen molar-refractivity contribution in [1.29, 1.82) is 0 Å². The minimum Gasteiger partial charge on any atom is -0.454 e. The lowest BCUT2D eigenvalue weighted by Crippen LogP contribution is -2.10. The largest absolute Gasteiger partial charge is 0.454 e. The van der Waals surface area contributed by atoms with Crippen molar-refractivity contribution in [3.8, 4) is 51.0 Å². The summed E-state index contributed by atoms with van der Waals surface area (Å²) in [5.74, 6) is 1.90. The van der Waals surface area contributed by atoms with Crippen LogP contribution in [0.1, 0.15) is 0 Å². The fraction of sp³-hybridized carbons (Fsp3) is 0. The van der Waals surface area contributed by atoms with E-state index in [1.54, 1.807) is 0 Å². The van der Waals surface area contributed by atoms with E-state index in [2.05, 4.69) is 161 Å². The zero-order chi connectivity index (χ0) is 41.7. The lowest BCUT2D eigenvalue weighted by atomic mass is 10.0. The SMILES string of the molecule is c1ccc(-c2ccc(N(c3ccc4c(c3)c3ccccc3n4-c3ccc(-c4nc(-c5ccccc5)nc(-c5ccccc5)n4)cc3)c3cccc4c3oc3ccccc34)cc2)cc1. The zero-order valence-electron chi connectivity index (χ0n) is 34.0. The predicted octanol–water partition coefficient (Wildman–Crippen LogP) is 15.0. The number of hydrogen-bond acceptors (Lipinski definition) is 5. The van der Waals surface area contributed by atoms with E-state index >= 15 is 0 Å². The molecule has 0 saturated heterocycles. The smallest absolute Gasteiger partial charge is 0.164 e. The van der Waals surface area contributed by atoms with Gasteiger partial charge in [0, 0.05) is 55.3 Å². The molecule has 0 fully saturated rings. The summed E-state index contributed by atoms with van der Waals surface area (Å²) in [6.45, 7) is 0. The molecule has 9 aromatic carbocycles. The molecule has 0 N–H and O–H groups in total. The number of furan rings is 1. The molecular weight excluding hydrogens is 771 g/mol. The lowest BCUT2D eigenvalue weighted by molar-refractivity contribution is 0.669. The number of fused-ring (bicyclic) bond motifs is 6. The maximum Gasteiger partial charge on any atom is 0.164 e. The Morgan fingerprint density at radius 2 is 0.841 bits per heavy atom. The van der Waals surface area contributed by atoms with Crippen LogP contribution in [0.3, 0.4) is 0 Å². The number of hydrogen-bond donors (Lipinski definition) is 0. The Labute approximate surface area is 363 Å². The molecule has 0 aliphatic heterocycles. The average Bonchev–Trinajstić information content (AvgIpc) is 3.91. The molecule has 0 saturated carbocycles. The maximum atomic E-state index is 6.66. The van der Waals surface area contributed by atoms with Gasteiger partial charge in [0.2, 0.25) is 0 Å². The topological polar surface area (TPSA) is 60.0 Å². The van der Waals surface area contributed by atoms with Crippen molar-refractivity contribution in [3.63, 3.8) is 0 Å². The lowest BCUT2D eigenvalue weighted by Gasteiger charge is -2.26. The Hall–Kier alpha value is -8.61. The number of rotatable bonds is 8. The zero-order valence-corrected chi connectivity index (χ0v) is 34.0. The quantitative estimate of drug-likeness (QED) is 0.153. The van der Waals surface area contributed by atoms with Gasteiger partial charge in [-0.05, 0) is 83.9 Å². The van der Waals surface area contributed by atoms with Crippen molar-refractivity contribution in [2.75, 3.05) is 4.90 Å². The first kappa shape index (κ1) is 36.3. The second-order valence-corrected chi connectivity index (χ2v) is 15.6. The fourth-order valence-electron chi connectivity index (χ4n) is 8.84. The highest BCUT2D eigenvalue weighted by atomic mass is 16.3. The van der Waals surface area contributed by atoms with Gasteiger partial charge in [-0.2, -0.15) is 0 Å². The van der Waals surface area contributed by atoms with Gasteiger partial charge < -0.3 is 13.9 Å². The van der Waals surface area contributed by atoms with E-state index in [0.717, 1.165) is 88.7 Å². The Balaban J connectivity index is 0.987. The van der Waals surface area contributed by atoms with E-state index in [9.17, 15) is 0 Å². The highest BCUT2D eigenvalue weighted by Crippen LogP contribution is 2.44. The number of para-hydroxylation sites is 3. The summed E-state index contributed by atoms with van der Waals surface area (Å²) in [4.78, 5) is 17.2. The second-order valence-electron chi connectivity index (χ2n) is 15.6. The highest BCUT2D eigenvalue weighted by molar-refractivity contribution is 6.13. The Morgan fingerprint density at radius 3 is 1.51 bits per heavy atom. The standard InChI is InChI=1S/C57H37N5O/c1-4-15-38(16-5-1)39-27-31-43(32-28-39)61(52-25-14-23-48-47-22-11-13-26-53(47)63-54(48)52)45-35-36-51-49(37-45)46-21-10-12-24-50(46)62(51)44-33-29-42(30-34-44)57-59-55(40-17-6-2-7-18-40)58-56(60-57)41-19-8-3-9-20-41/h1-37H. The first-order valence-corrected chi connectivity index (χ1v) is 21.1. The maximum absolute atomic E-state index is 6.66. The summed E-state index contributed by atoms with van der Waals surface area (Å²) in [7, 11) is 0. The Kier molecular flexibility index (Phi) is 8.71. The van der Waals surface area contributed by atoms with E-state index in [-0.39, 0.29) is 0 Å². The van der Waals surface area contributed by atoms with E-state index in [4.69, 9.17) is 19.4 Å². The minimum atomic E-state index is 0.623. The van der Waals surface area contributed by atoms with Gasteiger partial charge in [-0.1, -0.05) is 152 Å². The monoisotopic (exact) mass is 807 g/mol. The van der Waals surface area contributed by atoms with E-state index in [1.807, 2.05) is 72.8 Å². The molecule has 0 bridgehead atoms. The van der Waals surface area contributed by atoms with Crippen LogP contribution in [0, 0.1) is 0 Å². The molecule has 0 aliphatic rings. The Bertz CT molecular complexity index is 3540. The van der Waals surface area contributed by atoms with Crippen molar-refractivity contribution >= 4 is 60.8 Å². The second kappa shape index (κ2) is 15.1. The van der Waals surface area contributed by atoms with Gasteiger partial charge >= 0.3 is 0 Å². The van der Waals surface area contributed by atoms with Gasteiger partial charge in [-0.25, -0.2) is 15.0 Å². The van der Waals surface area contributed by atoms with Crippen LogP contribution in [0.4, 0.5) is 17.1 Å². The Morgan fingerprint density at radius 1 is 0.349 bits per heavy atom.